The van der Waals surface area contributed by atoms with Crippen molar-refractivity contribution in [3.63, 3.8) is 0 Å². The van der Waals surface area contributed by atoms with Gasteiger partial charge >= 0.3 is 0 Å². The summed E-state index contributed by atoms with van der Waals surface area (Å²) in [6.45, 7) is 0. The van der Waals surface area contributed by atoms with E-state index in [1.54, 1.807) is 51.0 Å². The lowest BCUT2D eigenvalue weighted by molar-refractivity contribution is -0.115. The summed E-state index contributed by atoms with van der Waals surface area (Å²) in [5.74, 6) is 2.38. The lowest BCUT2D eigenvalue weighted by Crippen LogP contribution is -2.14. The van der Waals surface area contributed by atoms with Crippen molar-refractivity contribution in [3.8, 4) is 23.0 Å². The molecule has 0 atom stereocenters. The maximum Gasteiger partial charge on any atom is 0.229 e. The molecular formula is C22H20N4O4. The molecule has 8 heteroatoms. The minimum atomic E-state index is -0.169. The van der Waals surface area contributed by atoms with Crippen molar-refractivity contribution >= 4 is 22.5 Å². The smallest absolute Gasteiger partial charge is 0.229 e. The zero-order valence-electron chi connectivity index (χ0n) is 16.5. The summed E-state index contributed by atoms with van der Waals surface area (Å²) in [5, 5.41) is 10.1. The number of hydrogen-bond acceptors (Lipinski definition) is 6. The number of aromatic amines is 1. The van der Waals surface area contributed by atoms with E-state index >= 15 is 0 Å². The van der Waals surface area contributed by atoms with Crippen LogP contribution >= 0.6 is 0 Å². The molecule has 0 fully saturated rings. The molecule has 0 saturated carbocycles. The summed E-state index contributed by atoms with van der Waals surface area (Å²) < 4.78 is 16.8. The number of fused-ring (bicyclic) bond motifs is 1. The first-order chi connectivity index (χ1) is 14.7. The predicted octanol–water partition coefficient (Wildman–Crippen LogP) is 3.95. The number of ether oxygens (including phenoxy) is 3. The molecule has 0 aliphatic rings. The number of amides is 1. The molecule has 0 bridgehead atoms. The molecule has 8 nitrogen and oxygen atoms in total. The number of anilines is 1. The number of H-pyrrole nitrogens is 1. The highest BCUT2D eigenvalue weighted by Gasteiger charge is 2.12. The molecule has 0 unspecified atom stereocenters. The van der Waals surface area contributed by atoms with Gasteiger partial charge in [-0.15, -0.1) is 0 Å². The van der Waals surface area contributed by atoms with Crippen LogP contribution in [-0.4, -0.2) is 35.3 Å². The normalized spacial score (nSPS) is 10.6. The minimum absolute atomic E-state index is 0.159. The Morgan fingerprint density at radius 3 is 2.67 bits per heavy atom. The number of rotatable bonds is 7. The lowest BCUT2D eigenvalue weighted by atomic mass is 10.1. The summed E-state index contributed by atoms with van der Waals surface area (Å²) in [6.07, 6.45) is 5.00. The van der Waals surface area contributed by atoms with E-state index in [0.29, 0.717) is 22.9 Å². The van der Waals surface area contributed by atoms with Gasteiger partial charge in [0.05, 0.1) is 38.0 Å². The quantitative estimate of drug-likeness (QED) is 0.484. The van der Waals surface area contributed by atoms with Crippen molar-refractivity contribution in [1.82, 2.24) is 15.2 Å². The summed E-state index contributed by atoms with van der Waals surface area (Å²) in [7, 11) is 3.18. The SMILES string of the molecule is COc1ccc2c(Oc3ccc(CC(=O)Nc4cn[nH]c4)c(OC)c3)ccnc2c1. The number of pyridine rings is 1. The Morgan fingerprint density at radius 2 is 1.90 bits per heavy atom. The van der Waals surface area contributed by atoms with Crippen molar-refractivity contribution in [2.24, 2.45) is 0 Å². The second-order valence-corrected chi connectivity index (χ2v) is 6.48. The monoisotopic (exact) mass is 404 g/mol. The van der Waals surface area contributed by atoms with Crippen LogP contribution in [0.15, 0.2) is 61.1 Å². The first-order valence-electron chi connectivity index (χ1n) is 9.22. The first-order valence-corrected chi connectivity index (χ1v) is 9.22. The maximum absolute atomic E-state index is 12.3. The molecule has 4 rings (SSSR count). The third-order valence-electron chi connectivity index (χ3n) is 4.53. The van der Waals surface area contributed by atoms with E-state index in [2.05, 4.69) is 20.5 Å². The van der Waals surface area contributed by atoms with Gasteiger partial charge in [0, 0.05) is 35.5 Å². The molecule has 152 valence electrons. The van der Waals surface area contributed by atoms with E-state index in [-0.39, 0.29) is 12.3 Å². The van der Waals surface area contributed by atoms with Crippen LogP contribution in [0.4, 0.5) is 5.69 Å². The van der Waals surface area contributed by atoms with Crippen LogP contribution in [0.5, 0.6) is 23.0 Å². The largest absolute Gasteiger partial charge is 0.497 e. The van der Waals surface area contributed by atoms with Crippen molar-refractivity contribution < 1.29 is 19.0 Å². The van der Waals surface area contributed by atoms with Crippen LogP contribution in [0.1, 0.15) is 5.56 Å². The molecule has 4 aromatic rings. The number of carbonyl (C=O) groups is 1. The molecule has 2 aromatic carbocycles. The van der Waals surface area contributed by atoms with E-state index in [0.717, 1.165) is 22.2 Å². The molecule has 2 heterocycles. The highest BCUT2D eigenvalue weighted by atomic mass is 16.5. The lowest BCUT2D eigenvalue weighted by Gasteiger charge is -2.13. The fraction of sp³-hybridized carbons (Fsp3) is 0.136. The highest BCUT2D eigenvalue weighted by molar-refractivity contribution is 5.92. The van der Waals surface area contributed by atoms with Gasteiger partial charge < -0.3 is 19.5 Å². The number of nitrogens with one attached hydrogen (secondary N) is 2. The molecule has 0 aliphatic carbocycles. The zero-order chi connectivity index (χ0) is 20.9. The van der Waals surface area contributed by atoms with Crippen molar-refractivity contribution in [3.05, 3.63) is 66.6 Å². The van der Waals surface area contributed by atoms with E-state index in [9.17, 15) is 4.79 Å². The van der Waals surface area contributed by atoms with Gasteiger partial charge in [0.25, 0.3) is 0 Å². The van der Waals surface area contributed by atoms with E-state index in [4.69, 9.17) is 14.2 Å². The van der Waals surface area contributed by atoms with E-state index in [1.807, 2.05) is 24.3 Å². The minimum Gasteiger partial charge on any atom is -0.497 e. The standard InChI is InChI=1S/C22H20N4O4/c1-28-16-5-6-18-19(10-16)23-8-7-20(18)30-17-4-3-14(21(11-17)29-2)9-22(27)26-15-12-24-25-13-15/h3-8,10-13H,9H2,1-2H3,(H,24,25)(H,26,27). The van der Waals surface area contributed by atoms with Gasteiger partial charge in [-0.05, 0) is 24.3 Å². The van der Waals surface area contributed by atoms with Crippen LogP contribution in [-0.2, 0) is 11.2 Å². The van der Waals surface area contributed by atoms with Crippen LogP contribution in [0, 0.1) is 0 Å². The summed E-state index contributed by atoms with van der Waals surface area (Å²) in [4.78, 5) is 16.6. The fourth-order valence-electron chi connectivity index (χ4n) is 3.08. The molecule has 0 radical (unpaired) electrons. The fourth-order valence-corrected chi connectivity index (χ4v) is 3.08. The number of nitrogens with zero attached hydrogens (tertiary/aromatic N) is 2. The van der Waals surface area contributed by atoms with E-state index < -0.39 is 0 Å². The summed E-state index contributed by atoms with van der Waals surface area (Å²) in [6, 6.07) is 12.8. The molecule has 0 spiro atoms. The molecular weight excluding hydrogens is 384 g/mol. The molecule has 1 amide bonds. The van der Waals surface area contributed by atoms with Gasteiger partial charge in [-0.25, -0.2) is 0 Å². The Balaban J connectivity index is 1.54. The number of methoxy groups -OCH3 is 2. The van der Waals surface area contributed by atoms with Gasteiger partial charge in [0.2, 0.25) is 5.91 Å². The molecule has 30 heavy (non-hydrogen) atoms. The highest BCUT2D eigenvalue weighted by Crippen LogP contribution is 2.33. The third-order valence-corrected chi connectivity index (χ3v) is 4.53. The second kappa shape index (κ2) is 8.52. The number of benzene rings is 2. The average Bonchev–Trinajstić information content (AvgIpc) is 3.27. The Bertz CT molecular complexity index is 1180. The third kappa shape index (κ3) is 4.17. The van der Waals surface area contributed by atoms with Crippen LogP contribution in [0.2, 0.25) is 0 Å². The van der Waals surface area contributed by atoms with Crippen molar-refractivity contribution in [2.75, 3.05) is 19.5 Å². The molecule has 2 N–H and O–H groups in total. The molecule has 2 aromatic heterocycles. The molecule has 0 saturated heterocycles. The van der Waals surface area contributed by atoms with Crippen LogP contribution < -0.4 is 19.5 Å². The average molecular weight is 404 g/mol. The topological polar surface area (TPSA) is 98.4 Å². The Morgan fingerprint density at radius 1 is 1.03 bits per heavy atom. The van der Waals surface area contributed by atoms with Crippen molar-refractivity contribution in [1.29, 1.82) is 0 Å². The van der Waals surface area contributed by atoms with Gasteiger partial charge in [0.1, 0.15) is 23.0 Å². The van der Waals surface area contributed by atoms with Crippen molar-refractivity contribution in [2.45, 2.75) is 6.42 Å². The van der Waals surface area contributed by atoms with Gasteiger partial charge in [-0.1, -0.05) is 6.07 Å². The summed E-state index contributed by atoms with van der Waals surface area (Å²) >= 11 is 0. The zero-order valence-corrected chi connectivity index (χ0v) is 16.5. The second-order valence-electron chi connectivity index (χ2n) is 6.48. The van der Waals surface area contributed by atoms with Gasteiger partial charge in [0.15, 0.2) is 0 Å². The van der Waals surface area contributed by atoms with Gasteiger partial charge in [-0.2, -0.15) is 5.10 Å². The first kappa shape index (κ1) is 19.3. The van der Waals surface area contributed by atoms with Gasteiger partial charge in [-0.3, -0.25) is 14.9 Å². The van der Waals surface area contributed by atoms with Crippen LogP contribution in [0.3, 0.4) is 0 Å². The maximum atomic E-state index is 12.3. The predicted molar refractivity (Wildman–Crippen MR) is 112 cm³/mol. The number of aromatic nitrogens is 3. The Hall–Kier alpha value is -4.07. The van der Waals surface area contributed by atoms with E-state index in [1.165, 1.54) is 0 Å². The summed E-state index contributed by atoms with van der Waals surface area (Å²) in [5.41, 5.74) is 2.13. The Kier molecular flexibility index (Phi) is 5.47. The number of carbonyl (C=O) groups excluding carboxylic acids is 1. The Labute approximate surface area is 172 Å². The number of hydrogen-bond donors (Lipinski definition) is 2. The van der Waals surface area contributed by atoms with Crippen LogP contribution in [0.25, 0.3) is 10.9 Å². The molecule has 0 aliphatic heterocycles.